The average molecular weight is 202 g/mol. The molecule has 6 heteroatoms. The fourth-order valence-corrected chi connectivity index (χ4v) is 1.23. The molecule has 13 heavy (non-hydrogen) atoms. The Morgan fingerprint density at radius 3 is 2.15 bits per heavy atom. The van der Waals surface area contributed by atoms with Crippen molar-refractivity contribution in [1.29, 1.82) is 0 Å². The largest absolute Gasteiger partial charge is 0.508 e. The van der Waals surface area contributed by atoms with Gasteiger partial charge in [-0.25, -0.2) is 5.14 Å². The van der Waals surface area contributed by atoms with Crippen molar-refractivity contribution in [3.63, 3.8) is 0 Å². The normalized spacial score (nSPS) is 11.2. The molecule has 0 fully saturated rings. The second-order valence-electron chi connectivity index (χ2n) is 2.53. The van der Waals surface area contributed by atoms with Crippen molar-refractivity contribution < 1.29 is 13.5 Å². The lowest BCUT2D eigenvalue weighted by atomic mass is 10.3. The topological polar surface area (TPSA) is 83.6 Å². The molecule has 0 heterocycles. The minimum Gasteiger partial charge on any atom is -0.508 e. The summed E-state index contributed by atoms with van der Waals surface area (Å²) in [5, 5.41) is 13.8. The Kier molecular flexibility index (Phi) is 2.44. The number of aromatic hydroxyl groups is 1. The predicted octanol–water partition coefficient (Wildman–Crippen LogP) is 0.0319. The minimum absolute atomic E-state index is 0.0755. The molecule has 0 radical (unpaired) electrons. The number of benzene rings is 1. The first-order chi connectivity index (χ1) is 5.91. The quantitative estimate of drug-likeness (QED) is 0.709. The van der Waals surface area contributed by atoms with Crippen LogP contribution in [0.15, 0.2) is 24.3 Å². The molecule has 3 N–H and O–H groups in total. The SMILES string of the molecule is CN(c1ccc(O)cc1)S(N)(=O)=O. The van der Waals surface area contributed by atoms with Crippen LogP contribution < -0.4 is 9.44 Å². The highest BCUT2D eigenvalue weighted by molar-refractivity contribution is 7.90. The van der Waals surface area contributed by atoms with E-state index in [2.05, 4.69) is 0 Å². The molecule has 5 nitrogen and oxygen atoms in total. The summed E-state index contributed by atoms with van der Waals surface area (Å²) in [6.07, 6.45) is 0. The Morgan fingerprint density at radius 2 is 1.77 bits per heavy atom. The molecule has 1 rings (SSSR count). The van der Waals surface area contributed by atoms with Gasteiger partial charge in [0.15, 0.2) is 0 Å². The highest BCUT2D eigenvalue weighted by atomic mass is 32.2. The van der Waals surface area contributed by atoms with Crippen LogP contribution in [0, 0.1) is 0 Å². The standard InChI is InChI=1S/C7H10N2O3S/c1-9(13(8,11)12)6-2-4-7(10)5-3-6/h2-5,10H,1H3,(H2,8,11,12). The first-order valence-electron chi connectivity index (χ1n) is 3.47. The number of nitrogens with two attached hydrogens (primary N) is 1. The lowest BCUT2D eigenvalue weighted by molar-refractivity contribution is 0.475. The van der Waals surface area contributed by atoms with Gasteiger partial charge < -0.3 is 5.11 Å². The van der Waals surface area contributed by atoms with Gasteiger partial charge in [-0.15, -0.1) is 0 Å². The number of phenols is 1. The summed E-state index contributed by atoms with van der Waals surface area (Å²) in [4.78, 5) is 0. The van der Waals surface area contributed by atoms with Gasteiger partial charge in [0.2, 0.25) is 0 Å². The Hall–Kier alpha value is -1.27. The summed E-state index contributed by atoms with van der Waals surface area (Å²) >= 11 is 0. The van der Waals surface area contributed by atoms with E-state index in [1.54, 1.807) is 0 Å². The van der Waals surface area contributed by atoms with Gasteiger partial charge >= 0.3 is 0 Å². The number of hydrogen-bond acceptors (Lipinski definition) is 3. The van der Waals surface area contributed by atoms with Gasteiger partial charge in [-0.2, -0.15) is 8.42 Å². The Morgan fingerprint density at radius 1 is 1.31 bits per heavy atom. The molecule has 0 aliphatic heterocycles. The van der Waals surface area contributed by atoms with Gasteiger partial charge in [0.1, 0.15) is 5.75 Å². The molecule has 0 amide bonds. The molecule has 0 aliphatic rings. The van der Waals surface area contributed by atoms with E-state index in [1.807, 2.05) is 0 Å². The smallest absolute Gasteiger partial charge is 0.298 e. The van der Waals surface area contributed by atoms with Gasteiger partial charge in [0.05, 0.1) is 5.69 Å². The van der Waals surface area contributed by atoms with E-state index in [4.69, 9.17) is 10.2 Å². The van der Waals surface area contributed by atoms with Gasteiger partial charge in [0.25, 0.3) is 10.2 Å². The van der Waals surface area contributed by atoms with Crippen molar-refractivity contribution in [1.82, 2.24) is 0 Å². The van der Waals surface area contributed by atoms with Crippen LogP contribution in [0.4, 0.5) is 5.69 Å². The predicted molar refractivity (Wildman–Crippen MR) is 49.6 cm³/mol. The number of phenolic OH excluding ortho intramolecular Hbond substituents is 1. The van der Waals surface area contributed by atoms with Gasteiger partial charge in [-0.05, 0) is 24.3 Å². The third kappa shape index (κ3) is 2.33. The monoisotopic (exact) mass is 202 g/mol. The zero-order valence-corrected chi connectivity index (χ0v) is 7.82. The van der Waals surface area contributed by atoms with Gasteiger partial charge in [-0.1, -0.05) is 0 Å². The summed E-state index contributed by atoms with van der Waals surface area (Å²) in [6, 6.07) is 5.69. The molecule has 0 bridgehead atoms. The fourth-order valence-electron chi connectivity index (χ4n) is 0.809. The lowest BCUT2D eigenvalue weighted by Crippen LogP contribution is -2.32. The molecule has 0 aromatic heterocycles. The fraction of sp³-hybridized carbons (Fsp3) is 0.143. The molecular weight excluding hydrogens is 192 g/mol. The maximum absolute atomic E-state index is 10.9. The molecule has 1 aromatic carbocycles. The minimum atomic E-state index is -3.72. The van der Waals surface area contributed by atoms with Crippen molar-refractivity contribution in [2.45, 2.75) is 0 Å². The summed E-state index contributed by atoms with van der Waals surface area (Å²) in [7, 11) is -2.38. The zero-order valence-electron chi connectivity index (χ0n) is 7.01. The summed E-state index contributed by atoms with van der Waals surface area (Å²) in [5.74, 6) is 0.0755. The Bertz CT molecular complexity index is 385. The third-order valence-electron chi connectivity index (χ3n) is 1.60. The molecule has 0 unspecified atom stereocenters. The maximum atomic E-state index is 10.9. The number of anilines is 1. The van der Waals surface area contributed by atoms with E-state index >= 15 is 0 Å². The summed E-state index contributed by atoms with van der Waals surface area (Å²) in [6.45, 7) is 0. The highest BCUT2D eigenvalue weighted by Gasteiger charge is 2.11. The van der Waals surface area contributed by atoms with Crippen LogP contribution >= 0.6 is 0 Å². The summed E-state index contributed by atoms with van der Waals surface area (Å²) in [5.41, 5.74) is 0.403. The molecule has 0 spiro atoms. The van der Waals surface area contributed by atoms with E-state index < -0.39 is 10.2 Å². The maximum Gasteiger partial charge on any atom is 0.298 e. The third-order valence-corrected chi connectivity index (χ3v) is 2.57. The second-order valence-corrected chi connectivity index (χ2v) is 4.11. The molecule has 0 atom stereocenters. The molecule has 1 aromatic rings. The first-order valence-corrected chi connectivity index (χ1v) is 4.97. The molecule has 0 aliphatic carbocycles. The molecule has 0 saturated heterocycles. The second kappa shape index (κ2) is 3.23. The Balaban J connectivity index is 3.04. The molecule has 72 valence electrons. The van der Waals surface area contributed by atoms with Gasteiger partial charge in [0, 0.05) is 7.05 Å². The number of hydrogen-bond donors (Lipinski definition) is 2. The zero-order chi connectivity index (χ0) is 10.1. The highest BCUT2D eigenvalue weighted by Crippen LogP contribution is 2.17. The van der Waals surface area contributed by atoms with E-state index in [0.717, 1.165) is 4.31 Å². The van der Waals surface area contributed by atoms with Crippen LogP contribution in [0.5, 0.6) is 5.75 Å². The van der Waals surface area contributed by atoms with E-state index in [1.165, 1.54) is 31.3 Å². The van der Waals surface area contributed by atoms with Crippen LogP contribution in [0.3, 0.4) is 0 Å². The van der Waals surface area contributed by atoms with Crippen LogP contribution in [-0.2, 0) is 10.2 Å². The van der Waals surface area contributed by atoms with Crippen LogP contribution in [0.2, 0.25) is 0 Å². The van der Waals surface area contributed by atoms with Crippen molar-refractivity contribution in [2.75, 3.05) is 11.4 Å². The lowest BCUT2D eigenvalue weighted by Gasteiger charge is -2.15. The average Bonchev–Trinajstić information content (AvgIpc) is 2.03. The van der Waals surface area contributed by atoms with E-state index in [9.17, 15) is 8.42 Å². The van der Waals surface area contributed by atoms with Gasteiger partial charge in [-0.3, -0.25) is 4.31 Å². The summed E-state index contributed by atoms with van der Waals surface area (Å²) < 4.78 is 22.6. The number of nitrogens with zero attached hydrogens (tertiary/aromatic N) is 1. The molecular formula is C7H10N2O3S. The van der Waals surface area contributed by atoms with Crippen molar-refractivity contribution >= 4 is 15.9 Å². The van der Waals surface area contributed by atoms with Crippen molar-refractivity contribution in [3.8, 4) is 5.75 Å². The Labute approximate surface area is 76.6 Å². The van der Waals surface area contributed by atoms with E-state index in [-0.39, 0.29) is 5.75 Å². The molecule has 0 saturated carbocycles. The van der Waals surface area contributed by atoms with Crippen molar-refractivity contribution in [2.24, 2.45) is 5.14 Å². The van der Waals surface area contributed by atoms with E-state index in [0.29, 0.717) is 5.69 Å². The van der Waals surface area contributed by atoms with Crippen LogP contribution in [-0.4, -0.2) is 20.6 Å². The van der Waals surface area contributed by atoms with Crippen LogP contribution in [0.25, 0.3) is 0 Å². The number of rotatable bonds is 2. The van der Waals surface area contributed by atoms with Crippen LogP contribution in [0.1, 0.15) is 0 Å². The first kappa shape index (κ1) is 9.82. The van der Waals surface area contributed by atoms with Crippen molar-refractivity contribution in [3.05, 3.63) is 24.3 Å².